The van der Waals surface area contributed by atoms with Crippen LogP contribution in [0.2, 0.25) is 10.0 Å². The molecule has 1 N–H and O–H groups in total. The summed E-state index contributed by atoms with van der Waals surface area (Å²) in [5.41, 5.74) is 0.408. The summed E-state index contributed by atoms with van der Waals surface area (Å²) in [7, 11) is 0. The minimum absolute atomic E-state index is 0.0291. The Bertz CT molecular complexity index is 751. The van der Waals surface area contributed by atoms with Gasteiger partial charge in [-0.3, -0.25) is 9.59 Å². The number of aromatic hydroxyl groups is 1. The number of halogens is 2. The first-order valence-electron chi connectivity index (χ1n) is 5.41. The third kappa shape index (κ3) is 1.66. The van der Waals surface area contributed by atoms with Crippen molar-refractivity contribution in [3.63, 3.8) is 0 Å². The molecule has 3 rings (SSSR count). The van der Waals surface area contributed by atoms with Crippen LogP contribution in [-0.2, 0) is 0 Å². The molecule has 0 heterocycles. The molecule has 0 radical (unpaired) electrons. The summed E-state index contributed by atoms with van der Waals surface area (Å²) >= 11 is 11.8. The lowest BCUT2D eigenvalue weighted by Gasteiger charge is -2.19. The highest BCUT2D eigenvalue weighted by atomic mass is 35.5. The molecule has 0 atom stereocenters. The quantitative estimate of drug-likeness (QED) is 0.690. The van der Waals surface area contributed by atoms with Crippen LogP contribution in [0.5, 0.6) is 5.75 Å². The van der Waals surface area contributed by atoms with Crippen LogP contribution in [0.15, 0.2) is 30.3 Å². The zero-order chi connectivity index (χ0) is 13.7. The zero-order valence-corrected chi connectivity index (χ0v) is 10.9. The van der Waals surface area contributed by atoms with Gasteiger partial charge in [-0.05, 0) is 30.3 Å². The molecule has 1 aliphatic rings. The first kappa shape index (κ1) is 12.2. The normalized spacial score (nSPS) is 13.2. The van der Waals surface area contributed by atoms with Gasteiger partial charge < -0.3 is 5.11 Å². The molecule has 2 aromatic rings. The fourth-order valence-electron chi connectivity index (χ4n) is 2.19. The molecule has 0 unspecified atom stereocenters. The Kier molecular flexibility index (Phi) is 2.62. The van der Waals surface area contributed by atoms with Gasteiger partial charge in [-0.2, -0.15) is 0 Å². The van der Waals surface area contributed by atoms with E-state index < -0.39 is 11.6 Å². The van der Waals surface area contributed by atoms with Crippen molar-refractivity contribution >= 4 is 34.8 Å². The van der Waals surface area contributed by atoms with Crippen LogP contribution in [0.1, 0.15) is 31.8 Å². The maximum Gasteiger partial charge on any atom is 0.198 e. The molecule has 0 amide bonds. The van der Waals surface area contributed by atoms with Gasteiger partial charge in [0.05, 0.1) is 16.1 Å². The molecule has 0 saturated carbocycles. The number of phenols is 1. The van der Waals surface area contributed by atoms with Gasteiger partial charge in [-0.1, -0.05) is 23.2 Å². The first-order chi connectivity index (χ1) is 9.00. The van der Waals surface area contributed by atoms with Gasteiger partial charge in [0, 0.05) is 16.1 Å². The molecular formula is C14H6Cl2O3. The number of rotatable bonds is 0. The predicted octanol–water partition coefficient (Wildman–Crippen LogP) is 3.47. The third-order valence-electron chi connectivity index (χ3n) is 3.06. The van der Waals surface area contributed by atoms with E-state index >= 15 is 0 Å². The number of phenolic OH excluding ortho intramolecular Hbond substituents is 1. The summed E-state index contributed by atoms with van der Waals surface area (Å²) in [5.74, 6) is -1.09. The SMILES string of the molecule is O=C1c2ccc(Cl)cc2C(=O)c2c(Cl)ccc(O)c21. The van der Waals surface area contributed by atoms with Crippen LogP contribution < -0.4 is 0 Å². The molecule has 0 bridgehead atoms. The van der Waals surface area contributed by atoms with Crippen LogP contribution in [-0.4, -0.2) is 16.7 Å². The Balaban J connectivity index is 2.39. The van der Waals surface area contributed by atoms with Gasteiger partial charge in [-0.25, -0.2) is 0 Å². The van der Waals surface area contributed by atoms with Gasteiger partial charge in [0.1, 0.15) is 5.75 Å². The second-order valence-corrected chi connectivity index (χ2v) is 5.01. The topological polar surface area (TPSA) is 54.4 Å². The Morgan fingerprint density at radius 3 is 2.26 bits per heavy atom. The van der Waals surface area contributed by atoms with E-state index in [-0.39, 0.29) is 33.0 Å². The summed E-state index contributed by atoms with van der Waals surface area (Å²) in [4.78, 5) is 24.7. The fourth-order valence-corrected chi connectivity index (χ4v) is 2.61. The van der Waals surface area contributed by atoms with Gasteiger partial charge in [0.2, 0.25) is 0 Å². The van der Waals surface area contributed by atoms with Gasteiger partial charge in [-0.15, -0.1) is 0 Å². The molecule has 0 spiro atoms. The Hall–Kier alpha value is -1.84. The molecule has 0 saturated heterocycles. The van der Waals surface area contributed by atoms with E-state index in [1.165, 1.54) is 30.3 Å². The number of hydrogen-bond donors (Lipinski definition) is 1. The van der Waals surface area contributed by atoms with Crippen molar-refractivity contribution < 1.29 is 14.7 Å². The van der Waals surface area contributed by atoms with E-state index in [4.69, 9.17) is 23.2 Å². The lowest BCUT2D eigenvalue weighted by atomic mass is 9.83. The average Bonchev–Trinajstić information content (AvgIpc) is 2.38. The summed E-state index contributed by atoms with van der Waals surface area (Å²) in [6, 6.07) is 7.11. The molecule has 0 aliphatic heterocycles. The maximum absolute atomic E-state index is 12.4. The number of benzene rings is 2. The number of fused-ring (bicyclic) bond motifs is 2. The highest BCUT2D eigenvalue weighted by molar-refractivity contribution is 6.40. The summed E-state index contributed by atoms with van der Waals surface area (Å²) < 4.78 is 0. The second kappa shape index (κ2) is 4.08. The Morgan fingerprint density at radius 2 is 1.53 bits per heavy atom. The van der Waals surface area contributed by atoms with Crippen molar-refractivity contribution in [3.05, 3.63) is 62.6 Å². The van der Waals surface area contributed by atoms with E-state index in [0.29, 0.717) is 5.02 Å². The van der Waals surface area contributed by atoms with E-state index in [1.807, 2.05) is 0 Å². The second-order valence-electron chi connectivity index (χ2n) is 4.16. The number of ketones is 2. The molecule has 19 heavy (non-hydrogen) atoms. The summed E-state index contributed by atoms with van der Waals surface area (Å²) in [6.45, 7) is 0. The van der Waals surface area contributed by atoms with Gasteiger partial charge in [0.15, 0.2) is 11.6 Å². The summed E-state index contributed by atoms with van der Waals surface area (Å²) in [5, 5.41) is 10.3. The summed E-state index contributed by atoms with van der Waals surface area (Å²) in [6.07, 6.45) is 0. The number of carbonyl (C=O) groups is 2. The molecule has 0 fully saturated rings. The molecule has 5 heteroatoms. The largest absolute Gasteiger partial charge is 0.507 e. The van der Waals surface area contributed by atoms with Crippen molar-refractivity contribution in [2.45, 2.75) is 0 Å². The molecule has 1 aliphatic carbocycles. The highest BCUT2D eigenvalue weighted by Gasteiger charge is 2.33. The molecule has 0 aromatic heterocycles. The monoisotopic (exact) mass is 292 g/mol. The minimum Gasteiger partial charge on any atom is -0.507 e. The van der Waals surface area contributed by atoms with Gasteiger partial charge in [0.25, 0.3) is 0 Å². The number of hydrogen-bond acceptors (Lipinski definition) is 3. The standard InChI is InChI=1S/C14H6Cl2O3/c15-6-1-2-7-8(5-6)14(19)11-9(16)3-4-10(17)12(11)13(7)18/h1-5,17H. The first-order valence-corrected chi connectivity index (χ1v) is 6.16. The highest BCUT2D eigenvalue weighted by Crippen LogP contribution is 2.37. The van der Waals surface area contributed by atoms with Crippen molar-refractivity contribution in [1.29, 1.82) is 0 Å². The van der Waals surface area contributed by atoms with E-state index in [1.54, 1.807) is 0 Å². The van der Waals surface area contributed by atoms with Crippen LogP contribution in [0.4, 0.5) is 0 Å². The Morgan fingerprint density at radius 1 is 0.842 bits per heavy atom. The van der Waals surface area contributed by atoms with E-state index in [9.17, 15) is 14.7 Å². The number of carbonyl (C=O) groups excluding carboxylic acids is 2. The lowest BCUT2D eigenvalue weighted by molar-refractivity contribution is 0.0977. The third-order valence-corrected chi connectivity index (χ3v) is 3.61. The van der Waals surface area contributed by atoms with E-state index in [0.717, 1.165) is 0 Å². The van der Waals surface area contributed by atoms with Crippen LogP contribution in [0.3, 0.4) is 0 Å². The molecule has 3 nitrogen and oxygen atoms in total. The van der Waals surface area contributed by atoms with Crippen LogP contribution in [0, 0.1) is 0 Å². The Labute approximate surface area is 118 Å². The van der Waals surface area contributed by atoms with Gasteiger partial charge >= 0.3 is 0 Å². The average molecular weight is 293 g/mol. The van der Waals surface area contributed by atoms with Crippen LogP contribution >= 0.6 is 23.2 Å². The van der Waals surface area contributed by atoms with Crippen molar-refractivity contribution in [2.24, 2.45) is 0 Å². The minimum atomic E-state index is -0.429. The smallest absolute Gasteiger partial charge is 0.198 e. The van der Waals surface area contributed by atoms with E-state index in [2.05, 4.69) is 0 Å². The zero-order valence-electron chi connectivity index (χ0n) is 9.41. The molecular weight excluding hydrogens is 287 g/mol. The lowest BCUT2D eigenvalue weighted by Crippen LogP contribution is -2.21. The predicted molar refractivity (Wildman–Crippen MR) is 71.4 cm³/mol. The van der Waals surface area contributed by atoms with Crippen molar-refractivity contribution in [2.75, 3.05) is 0 Å². The van der Waals surface area contributed by atoms with Crippen molar-refractivity contribution in [1.82, 2.24) is 0 Å². The maximum atomic E-state index is 12.4. The van der Waals surface area contributed by atoms with Crippen LogP contribution in [0.25, 0.3) is 0 Å². The van der Waals surface area contributed by atoms with Crippen molar-refractivity contribution in [3.8, 4) is 5.75 Å². The molecule has 94 valence electrons. The molecule has 2 aromatic carbocycles. The fraction of sp³-hybridized carbons (Fsp3) is 0.